The highest BCUT2D eigenvalue weighted by Gasteiger charge is 2.30. The van der Waals surface area contributed by atoms with Gasteiger partial charge in [0.2, 0.25) is 17.7 Å². The molecule has 1 atom stereocenters. The van der Waals surface area contributed by atoms with E-state index in [9.17, 15) is 4.79 Å². The van der Waals surface area contributed by atoms with Crippen molar-refractivity contribution in [1.82, 2.24) is 15.1 Å². The summed E-state index contributed by atoms with van der Waals surface area (Å²) in [4.78, 5) is 15.0. The van der Waals surface area contributed by atoms with E-state index in [0.29, 0.717) is 37.8 Å². The Bertz CT molecular complexity index is 1090. The second-order valence-electron chi connectivity index (χ2n) is 8.37. The zero-order chi connectivity index (χ0) is 21.9. The molecule has 32 heavy (non-hydrogen) atoms. The fraction of sp³-hybridized carbons (Fsp3) is 0.400. The van der Waals surface area contributed by atoms with Crippen LogP contribution < -0.4 is 9.47 Å². The van der Waals surface area contributed by atoms with Crippen LogP contribution in [0.2, 0.25) is 0 Å². The Morgan fingerprint density at radius 3 is 2.69 bits per heavy atom. The Hall–Kier alpha value is -3.35. The highest BCUT2D eigenvalue weighted by molar-refractivity contribution is 5.77. The van der Waals surface area contributed by atoms with Gasteiger partial charge < -0.3 is 18.8 Å². The van der Waals surface area contributed by atoms with E-state index in [-0.39, 0.29) is 11.9 Å². The average Bonchev–Trinajstić information content (AvgIpc) is 3.43. The van der Waals surface area contributed by atoms with E-state index < -0.39 is 0 Å². The van der Waals surface area contributed by atoms with Crippen molar-refractivity contribution < 1.29 is 18.7 Å². The molecule has 1 amide bonds. The number of benzene rings is 2. The topological polar surface area (TPSA) is 77.7 Å². The van der Waals surface area contributed by atoms with E-state index in [2.05, 4.69) is 16.3 Å². The number of nitrogens with zero attached hydrogens (tertiary/aromatic N) is 3. The molecule has 0 aliphatic carbocycles. The van der Waals surface area contributed by atoms with Gasteiger partial charge in [0, 0.05) is 31.4 Å². The van der Waals surface area contributed by atoms with Crippen LogP contribution in [0.4, 0.5) is 0 Å². The van der Waals surface area contributed by atoms with Crippen molar-refractivity contribution in [3.63, 3.8) is 0 Å². The second-order valence-corrected chi connectivity index (χ2v) is 8.37. The summed E-state index contributed by atoms with van der Waals surface area (Å²) in [5, 5.41) is 8.27. The molecule has 7 nitrogen and oxygen atoms in total. The van der Waals surface area contributed by atoms with Crippen molar-refractivity contribution in [3.05, 3.63) is 59.5 Å². The molecule has 0 N–H and O–H groups in total. The van der Waals surface area contributed by atoms with Crippen LogP contribution in [-0.2, 0) is 11.2 Å². The molecule has 166 valence electrons. The van der Waals surface area contributed by atoms with Gasteiger partial charge in [-0.2, -0.15) is 0 Å². The number of carbonyl (C=O) groups is 1. The summed E-state index contributed by atoms with van der Waals surface area (Å²) in [5.41, 5.74) is 3.15. The molecular formula is C25H27N3O4. The molecule has 0 saturated carbocycles. The molecule has 0 spiro atoms. The Balaban J connectivity index is 1.24. The fourth-order valence-electron chi connectivity index (χ4n) is 4.32. The van der Waals surface area contributed by atoms with Crippen molar-refractivity contribution in [1.29, 1.82) is 0 Å². The zero-order valence-corrected chi connectivity index (χ0v) is 18.3. The van der Waals surface area contributed by atoms with E-state index >= 15 is 0 Å². The van der Waals surface area contributed by atoms with E-state index in [1.807, 2.05) is 48.2 Å². The number of hydrogen-bond donors (Lipinski definition) is 0. The summed E-state index contributed by atoms with van der Waals surface area (Å²) in [7, 11) is 0. The minimum Gasteiger partial charge on any atom is -0.490 e. The van der Waals surface area contributed by atoms with Gasteiger partial charge in [-0.3, -0.25) is 4.79 Å². The smallest absolute Gasteiger partial charge is 0.247 e. The number of rotatable bonds is 5. The van der Waals surface area contributed by atoms with Gasteiger partial charge in [-0.15, -0.1) is 10.2 Å². The number of fused-ring (bicyclic) bond motifs is 1. The van der Waals surface area contributed by atoms with Crippen molar-refractivity contribution in [2.75, 3.05) is 19.8 Å². The van der Waals surface area contributed by atoms with Crippen LogP contribution in [0.1, 0.15) is 48.7 Å². The lowest BCUT2D eigenvalue weighted by Gasteiger charge is -2.25. The normalized spacial score (nSPS) is 17.9. The maximum Gasteiger partial charge on any atom is 0.247 e. The molecule has 2 aromatic carbocycles. The minimum absolute atomic E-state index is 0.0606. The lowest BCUT2D eigenvalue weighted by Crippen LogP contribution is -2.30. The summed E-state index contributed by atoms with van der Waals surface area (Å²) in [6.07, 6.45) is 3.59. The van der Waals surface area contributed by atoms with Gasteiger partial charge in [-0.1, -0.05) is 23.8 Å². The Morgan fingerprint density at radius 2 is 1.84 bits per heavy atom. The van der Waals surface area contributed by atoms with Crippen LogP contribution in [0, 0.1) is 6.92 Å². The number of hydrogen-bond acceptors (Lipinski definition) is 6. The number of aryl methyl sites for hydroxylation is 2. The highest BCUT2D eigenvalue weighted by atomic mass is 16.5. The minimum atomic E-state index is 0.0606. The van der Waals surface area contributed by atoms with Gasteiger partial charge in [-0.25, -0.2) is 0 Å². The molecule has 2 aliphatic rings. The summed E-state index contributed by atoms with van der Waals surface area (Å²) in [6.45, 7) is 4.11. The van der Waals surface area contributed by atoms with Crippen LogP contribution in [0.3, 0.4) is 0 Å². The molecular weight excluding hydrogens is 406 g/mol. The monoisotopic (exact) mass is 433 g/mol. The molecule has 0 bridgehead atoms. The van der Waals surface area contributed by atoms with Crippen molar-refractivity contribution in [3.8, 4) is 23.0 Å². The number of amides is 1. The third-order valence-electron chi connectivity index (χ3n) is 6.05. The van der Waals surface area contributed by atoms with Crippen molar-refractivity contribution in [2.24, 2.45) is 0 Å². The second kappa shape index (κ2) is 9.02. The van der Waals surface area contributed by atoms with E-state index in [4.69, 9.17) is 13.9 Å². The predicted molar refractivity (Wildman–Crippen MR) is 119 cm³/mol. The first-order valence-electron chi connectivity index (χ1n) is 11.3. The number of likely N-dealkylation sites (tertiary alicyclic amines) is 1. The van der Waals surface area contributed by atoms with Gasteiger partial charge in [-0.05, 0) is 49.6 Å². The van der Waals surface area contributed by atoms with Crippen LogP contribution in [-0.4, -0.2) is 40.8 Å². The van der Waals surface area contributed by atoms with E-state index in [0.717, 1.165) is 48.4 Å². The summed E-state index contributed by atoms with van der Waals surface area (Å²) in [5.74, 6) is 2.63. The quantitative estimate of drug-likeness (QED) is 0.589. The fourth-order valence-corrected chi connectivity index (χ4v) is 4.32. The van der Waals surface area contributed by atoms with Crippen molar-refractivity contribution in [2.45, 2.75) is 45.1 Å². The number of ether oxygens (including phenoxy) is 2. The average molecular weight is 434 g/mol. The first-order valence-corrected chi connectivity index (χ1v) is 11.3. The molecule has 1 aromatic heterocycles. The largest absolute Gasteiger partial charge is 0.490 e. The number of carbonyl (C=O) groups excluding carboxylic acids is 1. The molecule has 1 fully saturated rings. The molecule has 0 unspecified atom stereocenters. The first kappa shape index (κ1) is 20.5. The molecule has 3 aromatic rings. The predicted octanol–water partition coefficient (Wildman–Crippen LogP) is 4.50. The third kappa shape index (κ3) is 4.33. The lowest BCUT2D eigenvalue weighted by atomic mass is 10.0. The molecule has 0 radical (unpaired) electrons. The van der Waals surface area contributed by atoms with Crippen LogP contribution in [0.15, 0.2) is 46.9 Å². The van der Waals surface area contributed by atoms with Gasteiger partial charge in [0.1, 0.15) is 0 Å². The third-order valence-corrected chi connectivity index (χ3v) is 6.05. The summed E-state index contributed by atoms with van der Waals surface area (Å²) >= 11 is 0. The summed E-state index contributed by atoms with van der Waals surface area (Å²) < 4.78 is 17.4. The summed E-state index contributed by atoms with van der Waals surface area (Å²) in [6, 6.07) is 14.0. The van der Waals surface area contributed by atoms with Gasteiger partial charge in [0.15, 0.2) is 11.5 Å². The molecule has 3 heterocycles. The first-order chi connectivity index (χ1) is 15.7. The molecule has 7 heteroatoms. The standard InChI is InChI=1S/C25H27N3O4/c1-17-5-7-18(8-6-17)25-27-26-23(32-25)11-12-24(29)28-13-2-4-20(28)19-9-10-21-22(16-19)31-15-3-14-30-21/h5-10,16,20H,2-4,11-15H2,1H3/t20-/m0/s1. The highest BCUT2D eigenvalue weighted by Crippen LogP contribution is 2.38. The SMILES string of the molecule is Cc1ccc(-c2nnc(CCC(=O)N3CCC[C@H]3c3ccc4c(c3)OCCCO4)o2)cc1. The van der Waals surface area contributed by atoms with Crippen LogP contribution in [0.5, 0.6) is 11.5 Å². The Kier molecular flexibility index (Phi) is 5.79. The van der Waals surface area contributed by atoms with Gasteiger partial charge >= 0.3 is 0 Å². The van der Waals surface area contributed by atoms with E-state index in [1.165, 1.54) is 5.56 Å². The van der Waals surface area contributed by atoms with Crippen molar-refractivity contribution >= 4 is 5.91 Å². The van der Waals surface area contributed by atoms with Crippen LogP contribution in [0.25, 0.3) is 11.5 Å². The Morgan fingerprint density at radius 1 is 1.03 bits per heavy atom. The van der Waals surface area contributed by atoms with Crippen LogP contribution >= 0.6 is 0 Å². The van der Waals surface area contributed by atoms with Gasteiger partial charge in [0.25, 0.3) is 0 Å². The molecule has 2 aliphatic heterocycles. The van der Waals surface area contributed by atoms with Gasteiger partial charge in [0.05, 0.1) is 19.3 Å². The maximum atomic E-state index is 13.0. The number of aromatic nitrogens is 2. The zero-order valence-electron chi connectivity index (χ0n) is 18.3. The Labute approximate surface area is 187 Å². The molecule has 1 saturated heterocycles. The maximum absolute atomic E-state index is 13.0. The lowest BCUT2D eigenvalue weighted by molar-refractivity contribution is -0.132. The van der Waals surface area contributed by atoms with E-state index in [1.54, 1.807) is 0 Å². The molecule has 5 rings (SSSR count).